The Kier molecular flexibility index (Phi) is 2.88. The zero-order valence-corrected chi connectivity index (χ0v) is 9.32. The van der Waals surface area contributed by atoms with Crippen LogP contribution in [0.4, 0.5) is 13.2 Å². The predicted octanol–water partition coefficient (Wildman–Crippen LogP) is 1.39. The molecule has 2 rings (SSSR count). The number of aryl methyl sites for hydroxylation is 1. The maximum absolute atomic E-state index is 12.7. The van der Waals surface area contributed by atoms with Gasteiger partial charge in [0.2, 0.25) is 0 Å². The zero-order chi connectivity index (χ0) is 13.5. The van der Waals surface area contributed by atoms with E-state index >= 15 is 0 Å². The highest BCUT2D eigenvalue weighted by Crippen LogP contribution is 2.37. The molecule has 1 aromatic rings. The SMILES string of the molecule is Cn1cc(C2CC(=O)OC(=O)C2)c(C(F)(F)F)n1. The summed E-state index contributed by atoms with van der Waals surface area (Å²) in [7, 11) is 1.35. The van der Waals surface area contributed by atoms with Gasteiger partial charge in [-0.25, -0.2) is 0 Å². The monoisotopic (exact) mass is 262 g/mol. The van der Waals surface area contributed by atoms with Crippen molar-refractivity contribution in [2.24, 2.45) is 7.05 Å². The van der Waals surface area contributed by atoms with E-state index in [4.69, 9.17) is 0 Å². The van der Waals surface area contributed by atoms with Gasteiger partial charge in [0.25, 0.3) is 0 Å². The minimum atomic E-state index is -4.61. The van der Waals surface area contributed by atoms with Crippen LogP contribution in [0.2, 0.25) is 0 Å². The highest BCUT2D eigenvalue weighted by molar-refractivity contribution is 5.89. The summed E-state index contributed by atoms with van der Waals surface area (Å²) in [6, 6.07) is 0. The van der Waals surface area contributed by atoms with E-state index in [1.165, 1.54) is 13.2 Å². The van der Waals surface area contributed by atoms with E-state index in [-0.39, 0.29) is 18.4 Å². The van der Waals surface area contributed by atoms with Crippen LogP contribution in [-0.2, 0) is 27.5 Å². The molecule has 0 spiro atoms. The molecule has 1 aromatic heterocycles. The van der Waals surface area contributed by atoms with Crippen LogP contribution in [0.15, 0.2) is 6.20 Å². The van der Waals surface area contributed by atoms with Crippen molar-refractivity contribution in [1.82, 2.24) is 9.78 Å². The summed E-state index contributed by atoms with van der Waals surface area (Å²) < 4.78 is 43.5. The number of aromatic nitrogens is 2. The van der Waals surface area contributed by atoms with Crippen molar-refractivity contribution < 1.29 is 27.5 Å². The molecule has 0 aromatic carbocycles. The number of hydrogen-bond donors (Lipinski definition) is 0. The molecule has 0 radical (unpaired) electrons. The highest BCUT2D eigenvalue weighted by atomic mass is 19.4. The van der Waals surface area contributed by atoms with Crippen molar-refractivity contribution in [3.05, 3.63) is 17.5 Å². The van der Waals surface area contributed by atoms with E-state index in [1.54, 1.807) is 0 Å². The molecule has 0 atom stereocenters. The van der Waals surface area contributed by atoms with E-state index in [2.05, 4.69) is 9.84 Å². The highest BCUT2D eigenvalue weighted by Gasteiger charge is 2.41. The number of halogens is 3. The van der Waals surface area contributed by atoms with Crippen LogP contribution in [0, 0.1) is 0 Å². The van der Waals surface area contributed by atoms with Crippen molar-refractivity contribution in [1.29, 1.82) is 0 Å². The Bertz CT molecular complexity index is 491. The molecule has 1 aliphatic rings. The summed E-state index contributed by atoms with van der Waals surface area (Å²) in [5.41, 5.74) is -1.20. The van der Waals surface area contributed by atoms with Crippen LogP contribution in [0.25, 0.3) is 0 Å². The Labute approximate surface area is 99.5 Å². The summed E-state index contributed by atoms with van der Waals surface area (Å²) in [6.07, 6.45) is -3.93. The van der Waals surface area contributed by atoms with Gasteiger partial charge in [0.05, 0.1) is 12.8 Å². The molecule has 5 nitrogen and oxygen atoms in total. The molecule has 8 heteroatoms. The van der Waals surface area contributed by atoms with Gasteiger partial charge in [0.15, 0.2) is 5.69 Å². The predicted molar refractivity (Wildman–Crippen MR) is 51.3 cm³/mol. The first-order valence-corrected chi connectivity index (χ1v) is 5.11. The lowest BCUT2D eigenvalue weighted by molar-refractivity contribution is -0.164. The van der Waals surface area contributed by atoms with Crippen LogP contribution in [0.1, 0.15) is 30.0 Å². The molecule has 18 heavy (non-hydrogen) atoms. The van der Waals surface area contributed by atoms with Crippen molar-refractivity contribution in [2.75, 3.05) is 0 Å². The van der Waals surface area contributed by atoms with Crippen molar-refractivity contribution in [3.8, 4) is 0 Å². The Hall–Kier alpha value is -1.86. The number of alkyl halides is 3. The molecular weight excluding hydrogens is 253 g/mol. The first-order valence-electron chi connectivity index (χ1n) is 5.11. The minimum Gasteiger partial charge on any atom is -0.393 e. The summed E-state index contributed by atoms with van der Waals surface area (Å²) in [6.45, 7) is 0. The number of hydrogen-bond acceptors (Lipinski definition) is 4. The van der Waals surface area contributed by atoms with Gasteiger partial charge in [0.1, 0.15) is 0 Å². The van der Waals surface area contributed by atoms with E-state index < -0.39 is 29.7 Å². The van der Waals surface area contributed by atoms with Crippen LogP contribution in [0.5, 0.6) is 0 Å². The molecule has 0 N–H and O–H groups in total. The number of esters is 2. The third-order valence-corrected chi connectivity index (χ3v) is 2.62. The number of rotatable bonds is 1. The van der Waals surface area contributed by atoms with E-state index in [1.807, 2.05) is 0 Å². The Balaban J connectivity index is 2.38. The van der Waals surface area contributed by atoms with Crippen molar-refractivity contribution in [2.45, 2.75) is 24.9 Å². The number of cyclic esters (lactones) is 2. The molecule has 0 amide bonds. The fourth-order valence-corrected chi connectivity index (χ4v) is 1.93. The maximum atomic E-state index is 12.7. The fraction of sp³-hybridized carbons (Fsp3) is 0.500. The van der Waals surface area contributed by atoms with Crippen LogP contribution in [0.3, 0.4) is 0 Å². The largest absolute Gasteiger partial charge is 0.435 e. The van der Waals surface area contributed by atoms with Gasteiger partial charge in [-0.2, -0.15) is 18.3 Å². The van der Waals surface area contributed by atoms with E-state index in [0.29, 0.717) is 0 Å². The molecule has 1 fully saturated rings. The molecule has 1 aliphatic heterocycles. The van der Waals surface area contributed by atoms with Gasteiger partial charge in [0, 0.05) is 24.7 Å². The molecule has 0 bridgehead atoms. The quantitative estimate of drug-likeness (QED) is 0.566. The van der Waals surface area contributed by atoms with Crippen LogP contribution < -0.4 is 0 Å². The molecular formula is C10H9F3N2O3. The third-order valence-electron chi connectivity index (χ3n) is 2.62. The second-order valence-electron chi connectivity index (χ2n) is 4.06. The normalized spacial score (nSPS) is 18.0. The fourth-order valence-electron chi connectivity index (χ4n) is 1.93. The molecule has 98 valence electrons. The van der Waals surface area contributed by atoms with Gasteiger partial charge >= 0.3 is 18.1 Å². The van der Waals surface area contributed by atoms with Gasteiger partial charge in [-0.3, -0.25) is 14.3 Å². The molecule has 0 saturated carbocycles. The standard InChI is InChI=1S/C10H9F3N2O3/c1-15-4-6(9(14-15)10(11,12)13)5-2-7(16)18-8(17)3-5/h4-5H,2-3H2,1H3. The summed E-state index contributed by atoms with van der Waals surface area (Å²) >= 11 is 0. The molecule has 0 aliphatic carbocycles. The number of ether oxygens (including phenoxy) is 1. The van der Waals surface area contributed by atoms with Gasteiger partial charge in [-0.1, -0.05) is 0 Å². The van der Waals surface area contributed by atoms with Crippen LogP contribution >= 0.6 is 0 Å². The second-order valence-corrected chi connectivity index (χ2v) is 4.06. The lowest BCUT2D eigenvalue weighted by Gasteiger charge is -2.20. The molecule has 2 heterocycles. The van der Waals surface area contributed by atoms with Crippen LogP contribution in [-0.4, -0.2) is 21.7 Å². The number of carbonyl (C=O) groups excluding carboxylic acids is 2. The van der Waals surface area contributed by atoms with Gasteiger partial charge < -0.3 is 4.74 Å². The second kappa shape index (κ2) is 4.11. The first-order chi connectivity index (χ1) is 8.27. The Morgan fingerprint density at radius 1 is 1.33 bits per heavy atom. The lowest BCUT2D eigenvalue weighted by atomic mass is 9.91. The Morgan fingerprint density at radius 2 is 1.89 bits per heavy atom. The summed E-state index contributed by atoms with van der Waals surface area (Å²) in [5, 5.41) is 3.34. The number of carbonyl (C=O) groups is 2. The number of nitrogens with zero attached hydrogens (tertiary/aromatic N) is 2. The lowest BCUT2D eigenvalue weighted by Crippen LogP contribution is -2.25. The summed E-state index contributed by atoms with van der Waals surface area (Å²) in [4.78, 5) is 22.1. The zero-order valence-electron chi connectivity index (χ0n) is 9.32. The molecule has 0 unspecified atom stereocenters. The maximum Gasteiger partial charge on any atom is 0.435 e. The van der Waals surface area contributed by atoms with E-state index in [9.17, 15) is 22.8 Å². The van der Waals surface area contributed by atoms with Gasteiger partial charge in [-0.05, 0) is 0 Å². The summed E-state index contributed by atoms with van der Waals surface area (Å²) in [5.74, 6) is -2.45. The smallest absolute Gasteiger partial charge is 0.393 e. The first kappa shape index (κ1) is 12.6. The van der Waals surface area contributed by atoms with E-state index in [0.717, 1.165) is 4.68 Å². The average Bonchev–Trinajstić information content (AvgIpc) is 2.58. The topological polar surface area (TPSA) is 61.2 Å². The van der Waals surface area contributed by atoms with Crippen molar-refractivity contribution >= 4 is 11.9 Å². The Morgan fingerprint density at radius 3 is 2.39 bits per heavy atom. The van der Waals surface area contributed by atoms with Crippen molar-refractivity contribution in [3.63, 3.8) is 0 Å². The minimum absolute atomic E-state index is 0.144. The molecule has 1 saturated heterocycles. The average molecular weight is 262 g/mol. The third kappa shape index (κ3) is 2.36. The van der Waals surface area contributed by atoms with Gasteiger partial charge in [-0.15, -0.1) is 0 Å².